The average Bonchev–Trinajstić information content (AvgIpc) is 2.36. The molecule has 0 bridgehead atoms. The maximum atomic E-state index is 12.9. The molecule has 0 aliphatic heterocycles. The fraction of sp³-hybridized carbons (Fsp3) is 0.500. The maximum absolute atomic E-state index is 12.9. The van der Waals surface area contributed by atoms with E-state index in [0.29, 0.717) is 11.6 Å². The van der Waals surface area contributed by atoms with Crippen molar-refractivity contribution in [3.8, 4) is 0 Å². The molecule has 5 heteroatoms. The number of urea groups is 1. The van der Waals surface area contributed by atoms with E-state index in [-0.39, 0.29) is 17.1 Å². The van der Waals surface area contributed by atoms with E-state index in [4.69, 9.17) is 11.6 Å². The van der Waals surface area contributed by atoms with E-state index >= 15 is 0 Å². The topological polar surface area (TPSA) is 41.1 Å². The van der Waals surface area contributed by atoms with Crippen LogP contribution < -0.4 is 10.6 Å². The van der Waals surface area contributed by atoms with Gasteiger partial charge in [-0.3, -0.25) is 0 Å². The summed E-state index contributed by atoms with van der Waals surface area (Å²) < 4.78 is 12.9. The average molecular weight is 285 g/mol. The van der Waals surface area contributed by atoms with E-state index in [1.807, 2.05) is 0 Å². The van der Waals surface area contributed by atoms with Crippen molar-refractivity contribution >= 4 is 23.3 Å². The van der Waals surface area contributed by atoms with Crippen LogP contribution >= 0.6 is 11.6 Å². The van der Waals surface area contributed by atoms with Crippen molar-refractivity contribution in [2.45, 2.75) is 38.6 Å². The van der Waals surface area contributed by atoms with Crippen molar-refractivity contribution in [3.05, 3.63) is 29.0 Å². The molecule has 1 aromatic rings. The first-order chi connectivity index (χ1) is 9.06. The van der Waals surface area contributed by atoms with Gasteiger partial charge in [0, 0.05) is 6.04 Å². The fourth-order valence-corrected chi connectivity index (χ4v) is 2.66. The number of nitrogens with one attached hydrogen (secondary N) is 2. The quantitative estimate of drug-likeness (QED) is 0.840. The van der Waals surface area contributed by atoms with Crippen molar-refractivity contribution in [3.63, 3.8) is 0 Å². The zero-order valence-corrected chi connectivity index (χ0v) is 11.6. The van der Waals surface area contributed by atoms with Crippen LogP contribution in [0.15, 0.2) is 18.2 Å². The first-order valence-corrected chi connectivity index (χ1v) is 6.96. The minimum atomic E-state index is -0.420. The molecular weight excluding hydrogens is 267 g/mol. The van der Waals surface area contributed by atoms with Crippen LogP contribution in [0.5, 0.6) is 0 Å². The van der Waals surface area contributed by atoms with Gasteiger partial charge in [0.2, 0.25) is 0 Å². The Labute approximate surface area is 117 Å². The first kappa shape index (κ1) is 14.1. The van der Waals surface area contributed by atoms with E-state index < -0.39 is 5.82 Å². The van der Waals surface area contributed by atoms with Gasteiger partial charge in [0.25, 0.3) is 0 Å². The summed E-state index contributed by atoms with van der Waals surface area (Å²) in [5, 5.41) is 5.81. The Morgan fingerprint density at radius 1 is 1.37 bits per heavy atom. The summed E-state index contributed by atoms with van der Waals surface area (Å²) in [6.07, 6.45) is 4.52. The lowest BCUT2D eigenvalue weighted by molar-refractivity contribution is 0.232. The Bertz CT molecular complexity index is 467. The number of hydrogen-bond donors (Lipinski definition) is 2. The molecule has 2 N–H and O–H groups in total. The predicted molar refractivity (Wildman–Crippen MR) is 75.0 cm³/mol. The standard InChI is InChI=1S/C14H18ClFN2O/c1-9-4-2-3-5-12(9)17-14(19)18-13-7-6-10(16)8-11(13)15/h6-9,12H,2-5H2,1H3,(H2,17,18,19). The Kier molecular flexibility index (Phi) is 4.64. The Morgan fingerprint density at radius 3 is 2.79 bits per heavy atom. The van der Waals surface area contributed by atoms with E-state index in [1.54, 1.807) is 0 Å². The van der Waals surface area contributed by atoms with Crippen LogP contribution in [0.1, 0.15) is 32.6 Å². The van der Waals surface area contributed by atoms with Crippen LogP contribution in [0.4, 0.5) is 14.9 Å². The smallest absolute Gasteiger partial charge is 0.319 e. The number of halogens is 2. The minimum Gasteiger partial charge on any atom is -0.335 e. The van der Waals surface area contributed by atoms with Crippen molar-refractivity contribution in [2.75, 3.05) is 5.32 Å². The molecule has 0 saturated heterocycles. The molecule has 1 aliphatic carbocycles. The van der Waals surface area contributed by atoms with Crippen LogP contribution in [0, 0.1) is 11.7 Å². The minimum absolute atomic E-state index is 0.201. The normalized spacial score (nSPS) is 22.9. The van der Waals surface area contributed by atoms with Gasteiger partial charge >= 0.3 is 6.03 Å². The van der Waals surface area contributed by atoms with Crippen LogP contribution in [0.2, 0.25) is 5.02 Å². The summed E-state index contributed by atoms with van der Waals surface area (Å²) >= 11 is 5.86. The summed E-state index contributed by atoms with van der Waals surface area (Å²) in [6, 6.07) is 3.83. The molecule has 0 radical (unpaired) electrons. The SMILES string of the molecule is CC1CCCCC1NC(=O)Nc1ccc(F)cc1Cl. The third kappa shape index (κ3) is 3.83. The molecule has 2 unspecified atom stereocenters. The second-order valence-electron chi connectivity index (χ2n) is 5.09. The largest absolute Gasteiger partial charge is 0.335 e. The van der Waals surface area contributed by atoms with Crippen molar-refractivity contribution in [2.24, 2.45) is 5.92 Å². The highest BCUT2D eigenvalue weighted by molar-refractivity contribution is 6.33. The Morgan fingerprint density at radius 2 is 2.11 bits per heavy atom. The zero-order chi connectivity index (χ0) is 13.8. The highest BCUT2D eigenvalue weighted by atomic mass is 35.5. The summed E-state index contributed by atoms with van der Waals surface area (Å²) in [4.78, 5) is 11.9. The molecule has 1 fully saturated rings. The van der Waals surface area contributed by atoms with Gasteiger partial charge in [-0.25, -0.2) is 9.18 Å². The molecule has 1 aromatic carbocycles. The number of amides is 2. The lowest BCUT2D eigenvalue weighted by atomic mass is 9.86. The number of hydrogen-bond acceptors (Lipinski definition) is 1. The summed E-state index contributed by atoms with van der Waals surface area (Å²) in [5.41, 5.74) is 0.420. The number of rotatable bonds is 2. The number of benzene rings is 1. The van der Waals surface area contributed by atoms with Crippen LogP contribution in [0.25, 0.3) is 0 Å². The maximum Gasteiger partial charge on any atom is 0.319 e. The molecule has 2 amide bonds. The Hall–Kier alpha value is -1.29. The molecule has 104 valence electrons. The van der Waals surface area contributed by atoms with Gasteiger partial charge in [-0.1, -0.05) is 31.4 Å². The molecule has 1 aliphatic rings. The molecule has 0 aromatic heterocycles. The third-order valence-corrected chi connectivity index (χ3v) is 3.92. The summed E-state index contributed by atoms with van der Waals surface area (Å²) in [7, 11) is 0. The van der Waals surface area contributed by atoms with Gasteiger partial charge in [0.1, 0.15) is 5.82 Å². The second-order valence-corrected chi connectivity index (χ2v) is 5.50. The van der Waals surface area contributed by atoms with E-state index in [0.717, 1.165) is 19.3 Å². The fourth-order valence-electron chi connectivity index (χ4n) is 2.45. The molecular formula is C14H18ClFN2O. The van der Waals surface area contributed by atoms with Crippen LogP contribution in [-0.4, -0.2) is 12.1 Å². The van der Waals surface area contributed by atoms with Gasteiger partial charge in [-0.05, 0) is 37.0 Å². The lowest BCUT2D eigenvalue weighted by Crippen LogP contribution is -2.43. The summed E-state index contributed by atoms with van der Waals surface area (Å²) in [5.74, 6) is 0.0695. The van der Waals surface area contributed by atoms with Gasteiger partial charge in [0.15, 0.2) is 0 Å². The molecule has 19 heavy (non-hydrogen) atoms. The van der Waals surface area contributed by atoms with E-state index in [1.165, 1.54) is 24.6 Å². The first-order valence-electron chi connectivity index (χ1n) is 6.59. The monoisotopic (exact) mass is 284 g/mol. The Balaban J connectivity index is 1.93. The molecule has 2 rings (SSSR count). The second kappa shape index (κ2) is 6.24. The van der Waals surface area contributed by atoms with Gasteiger partial charge < -0.3 is 10.6 Å². The molecule has 0 heterocycles. The van der Waals surface area contributed by atoms with E-state index in [2.05, 4.69) is 17.6 Å². The third-order valence-electron chi connectivity index (χ3n) is 3.61. The van der Waals surface area contributed by atoms with E-state index in [9.17, 15) is 9.18 Å². The van der Waals surface area contributed by atoms with Crippen molar-refractivity contribution < 1.29 is 9.18 Å². The van der Waals surface area contributed by atoms with Crippen LogP contribution in [-0.2, 0) is 0 Å². The number of carbonyl (C=O) groups is 1. The predicted octanol–water partition coefficient (Wildman–Crippen LogP) is 4.18. The lowest BCUT2D eigenvalue weighted by Gasteiger charge is -2.29. The highest BCUT2D eigenvalue weighted by Crippen LogP contribution is 2.25. The number of anilines is 1. The highest BCUT2D eigenvalue weighted by Gasteiger charge is 2.22. The summed E-state index contributed by atoms with van der Waals surface area (Å²) in [6.45, 7) is 2.15. The van der Waals surface area contributed by atoms with Gasteiger partial charge in [-0.2, -0.15) is 0 Å². The zero-order valence-electron chi connectivity index (χ0n) is 10.9. The van der Waals surface area contributed by atoms with Crippen LogP contribution in [0.3, 0.4) is 0 Å². The van der Waals surface area contributed by atoms with Crippen molar-refractivity contribution in [1.29, 1.82) is 0 Å². The van der Waals surface area contributed by atoms with Gasteiger partial charge in [0.05, 0.1) is 10.7 Å². The number of carbonyl (C=O) groups excluding carboxylic acids is 1. The van der Waals surface area contributed by atoms with Crippen molar-refractivity contribution in [1.82, 2.24) is 5.32 Å². The molecule has 2 atom stereocenters. The molecule has 3 nitrogen and oxygen atoms in total. The van der Waals surface area contributed by atoms with Gasteiger partial charge in [-0.15, -0.1) is 0 Å². The molecule has 0 spiro atoms. The molecule has 1 saturated carbocycles.